The molecule has 0 fully saturated rings. The maximum absolute atomic E-state index is 10.8. The number of hydrogen-bond donors (Lipinski definition) is 1. The maximum atomic E-state index is 10.8. The lowest BCUT2D eigenvalue weighted by atomic mass is 10.1. The topological polar surface area (TPSA) is 55.2 Å². The van der Waals surface area contributed by atoms with Gasteiger partial charge in [0.15, 0.2) is 0 Å². The minimum atomic E-state index is -0.464. The predicted molar refractivity (Wildman–Crippen MR) is 77.7 cm³/mol. The molecule has 2 rings (SSSR count). The second-order valence-electron chi connectivity index (χ2n) is 4.20. The molecule has 19 heavy (non-hydrogen) atoms. The zero-order valence-corrected chi connectivity index (χ0v) is 11.9. The van der Waals surface area contributed by atoms with Crippen LogP contribution in [0.2, 0.25) is 5.02 Å². The minimum Gasteiger partial charge on any atom is -0.306 e. The van der Waals surface area contributed by atoms with Crippen LogP contribution in [0.15, 0.2) is 35.0 Å². The highest BCUT2D eigenvalue weighted by atomic mass is 35.5. The van der Waals surface area contributed by atoms with E-state index < -0.39 is 4.92 Å². The van der Waals surface area contributed by atoms with Gasteiger partial charge in [0.2, 0.25) is 0 Å². The molecule has 4 nitrogen and oxygen atoms in total. The summed E-state index contributed by atoms with van der Waals surface area (Å²) in [5.41, 5.74) is 2.01. The third kappa shape index (κ3) is 3.53. The Morgan fingerprint density at radius 3 is 2.89 bits per heavy atom. The second-order valence-corrected chi connectivity index (χ2v) is 5.39. The van der Waals surface area contributed by atoms with Gasteiger partial charge in [0.1, 0.15) is 5.02 Å². The lowest BCUT2D eigenvalue weighted by molar-refractivity contribution is -0.384. The first-order chi connectivity index (χ1) is 9.08. The molecule has 0 aliphatic heterocycles. The summed E-state index contributed by atoms with van der Waals surface area (Å²) < 4.78 is 0. The molecule has 0 saturated carbocycles. The number of nitrogens with one attached hydrogen (secondary N) is 1. The van der Waals surface area contributed by atoms with Crippen LogP contribution in [0.3, 0.4) is 0 Å². The van der Waals surface area contributed by atoms with Crippen LogP contribution in [0, 0.1) is 10.1 Å². The van der Waals surface area contributed by atoms with Crippen LogP contribution in [0.5, 0.6) is 0 Å². The third-order valence-corrected chi connectivity index (χ3v) is 3.88. The zero-order chi connectivity index (χ0) is 13.8. The molecule has 1 aromatic carbocycles. The Labute approximate surface area is 120 Å². The summed E-state index contributed by atoms with van der Waals surface area (Å²) in [6.07, 6.45) is 0. The average molecular weight is 297 g/mol. The molecule has 0 saturated heterocycles. The highest BCUT2D eigenvalue weighted by Gasteiger charge is 2.13. The molecule has 1 heterocycles. The van der Waals surface area contributed by atoms with Crippen LogP contribution in [-0.4, -0.2) is 4.92 Å². The van der Waals surface area contributed by atoms with Crippen LogP contribution in [0.1, 0.15) is 24.1 Å². The summed E-state index contributed by atoms with van der Waals surface area (Å²) >= 11 is 7.43. The molecule has 0 bridgehead atoms. The first kappa shape index (κ1) is 14.0. The van der Waals surface area contributed by atoms with Gasteiger partial charge in [0.05, 0.1) is 4.92 Å². The normalized spacial score (nSPS) is 12.3. The van der Waals surface area contributed by atoms with Crippen molar-refractivity contribution in [3.05, 3.63) is 61.3 Å². The van der Waals surface area contributed by atoms with E-state index in [0.717, 1.165) is 5.56 Å². The van der Waals surface area contributed by atoms with Gasteiger partial charge in [-0.3, -0.25) is 10.1 Å². The van der Waals surface area contributed by atoms with Gasteiger partial charge in [-0.25, -0.2) is 0 Å². The van der Waals surface area contributed by atoms with Crippen molar-refractivity contribution in [2.75, 3.05) is 0 Å². The first-order valence-corrected chi connectivity index (χ1v) is 7.08. The summed E-state index contributed by atoms with van der Waals surface area (Å²) in [6.45, 7) is 2.63. The number of nitro groups is 1. The van der Waals surface area contributed by atoms with E-state index in [4.69, 9.17) is 11.6 Å². The Hall–Kier alpha value is -1.43. The Morgan fingerprint density at radius 1 is 1.47 bits per heavy atom. The molecule has 0 spiro atoms. The van der Waals surface area contributed by atoms with E-state index in [1.807, 2.05) is 5.38 Å². The summed E-state index contributed by atoms with van der Waals surface area (Å²) in [4.78, 5) is 10.3. The fourth-order valence-electron chi connectivity index (χ4n) is 1.72. The van der Waals surface area contributed by atoms with E-state index in [1.165, 1.54) is 11.6 Å². The number of rotatable bonds is 5. The van der Waals surface area contributed by atoms with Crippen LogP contribution in [0.4, 0.5) is 5.69 Å². The second kappa shape index (κ2) is 6.14. The lowest BCUT2D eigenvalue weighted by Crippen LogP contribution is -2.17. The number of thiophene rings is 1. The highest BCUT2D eigenvalue weighted by molar-refractivity contribution is 7.07. The summed E-state index contributed by atoms with van der Waals surface area (Å²) in [7, 11) is 0. The van der Waals surface area contributed by atoms with Crippen molar-refractivity contribution >= 4 is 28.6 Å². The van der Waals surface area contributed by atoms with Gasteiger partial charge in [-0.05, 0) is 40.9 Å². The van der Waals surface area contributed by atoms with Gasteiger partial charge in [-0.15, -0.1) is 0 Å². The number of hydrogen-bond acceptors (Lipinski definition) is 4. The molecule has 0 aliphatic carbocycles. The Bertz CT molecular complexity index is 572. The molecular weight excluding hydrogens is 284 g/mol. The van der Waals surface area contributed by atoms with Crippen molar-refractivity contribution in [1.29, 1.82) is 0 Å². The van der Waals surface area contributed by atoms with E-state index in [2.05, 4.69) is 23.7 Å². The molecule has 0 amide bonds. The predicted octanol–water partition coefficient (Wildman–Crippen LogP) is 4.16. The van der Waals surface area contributed by atoms with Gasteiger partial charge >= 0.3 is 0 Å². The van der Waals surface area contributed by atoms with Crippen LogP contribution < -0.4 is 5.32 Å². The number of nitrogens with zero attached hydrogens (tertiary/aromatic N) is 1. The monoisotopic (exact) mass is 296 g/mol. The third-order valence-electron chi connectivity index (χ3n) is 2.86. The van der Waals surface area contributed by atoms with E-state index in [0.29, 0.717) is 6.54 Å². The smallest absolute Gasteiger partial charge is 0.288 e. The van der Waals surface area contributed by atoms with Crippen molar-refractivity contribution in [1.82, 2.24) is 5.32 Å². The Morgan fingerprint density at radius 2 is 2.26 bits per heavy atom. The first-order valence-electron chi connectivity index (χ1n) is 5.76. The Kier molecular flexibility index (Phi) is 4.52. The standard InChI is InChI=1S/C13H13ClN2O2S/c1-9(11-4-5-19-8-11)15-7-10-2-3-12(14)13(6-10)16(17)18/h2-6,8-9,15H,7H2,1H3. The summed E-state index contributed by atoms with van der Waals surface area (Å²) in [6, 6.07) is 7.14. The summed E-state index contributed by atoms with van der Waals surface area (Å²) in [5, 5.41) is 18.4. The molecule has 1 unspecified atom stereocenters. The van der Waals surface area contributed by atoms with Crippen LogP contribution >= 0.6 is 22.9 Å². The van der Waals surface area contributed by atoms with E-state index in [9.17, 15) is 10.1 Å². The molecular formula is C13H13ClN2O2S. The Balaban J connectivity index is 2.04. The van der Waals surface area contributed by atoms with Gasteiger partial charge in [-0.2, -0.15) is 11.3 Å². The lowest BCUT2D eigenvalue weighted by Gasteiger charge is -2.12. The van der Waals surface area contributed by atoms with Crippen molar-refractivity contribution in [2.45, 2.75) is 19.5 Å². The van der Waals surface area contributed by atoms with Gasteiger partial charge in [0.25, 0.3) is 5.69 Å². The molecule has 0 aliphatic rings. The van der Waals surface area contributed by atoms with E-state index in [-0.39, 0.29) is 16.8 Å². The van der Waals surface area contributed by atoms with Gasteiger partial charge < -0.3 is 5.32 Å². The molecule has 2 aromatic rings. The number of benzene rings is 1. The van der Waals surface area contributed by atoms with Crippen molar-refractivity contribution in [3.8, 4) is 0 Å². The van der Waals surface area contributed by atoms with Gasteiger partial charge in [-0.1, -0.05) is 17.7 Å². The van der Waals surface area contributed by atoms with E-state index >= 15 is 0 Å². The molecule has 1 N–H and O–H groups in total. The van der Waals surface area contributed by atoms with Crippen LogP contribution in [0.25, 0.3) is 0 Å². The van der Waals surface area contributed by atoms with Crippen molar-refractivity contribution in [3.63, 3.8) is 0 Å². The summed E-state index contributed by atoms with van der Waals surface area (Å²) in [5.74, 6) is 0. The number of halogens is 1. The quantitative estimate of drug-likeness (QED) is 0.666. The molecule has 100 valence electrons. The molecule has 0 radical (unpaired) electrons. The van der Waals surface area contributed by atoms with Crippen molar-refractivity contribution < 1.29 is 4.92 Å². The highest BCUT2D eigenvalue weighted by Crippen LogP contribution is 2.25. The van der Waals surface area contributed by atoms with Crippen LogP contribution in [-0.2, 0) is 6.54 Å². The fraction of sp³-hybridized carbons (Fsp3) is 0.231. The SMILES string of the molecule is CC(NCc1ccc(Cl)c([N+](=O)[O-])c1)c1ccsc1. The largest absolute Gasteiger partial charge is 0.306 e. The van der Waals surface area contributed by atoms with E-state index in [1.54, 1.807) is 23.5 Å². The zero-order valence-electron chi connectivity index (χ0n) is 10.3. The van der Waals surface area contributed by atoms with Crippen molar-refractivity contribution in [2.24, 2.45) is 0 Å². The molecule has 1 aromatic heterocycles. The maximum Gasteiger partial charge on any atom is 0.288 e. The van der Waals surface area contributed by atoms with Gasteiger partial charge in [0, 0.05) is 18.7 Å². The molecule has 6 heteroatoms. The fourth-order valence-corrected chi connectivity index (χ4v) is 2.66. The average Bonchev–Trinajstić information content (AvgIpc) is 2.91. The number of nitro benzene ring substituents is 1. The minimum absolute atomic E-state index is 0.0517. The molecule has 1 atom stereocenters.